The van der Waals surface area contributed by atoms with Crippen molar-refractivity contribution in [2.75, 3.05) is 4.90 Å². The number of rotatable bonds is 6. The second-order valence-electron chi connectivity index (χ2n) is 12.9. The Morgan fingerprint density at radius 1 is 0.373 bits per heavy atom. The van der Waals surface area contributed by atoms with E-state index in [0.717, 1.165) is 22.7 Å². The minimum Gasteiger partial charge on any atom is -0.309 e. The van der Waals surface area contributed by atoms with Crippen molar-refractivity contribution in [2.45, 2.75) is 0 Å². The van der Waals surface area contributed by atoms with E-state index in [0.29, 0.717) is 0 Å². The lowest BCUT2D eigenvalue weighted by atomic mass is 9.97. The number of hydrogen-bond donors (Lipinski definition) is 0. The van der Waals surface area contributed by atoms with Gasteiger partial charge in [-0.2, -0.15) is 0 Å². The van der Waals surface area contributed by atoms with Crippen LogP contribution in [0.4, 0.5) is 17.1 Å². The van der Waals surface area contributed by atoms with Gasteiger partial charge in [0, 0.05) is 47.8 Å². The third kappa shape index (κ3) is 4.85. The predicted octanol–water partition coefficient (Wildman–Crippen LogP) is 14.0. The van der Waals surface area contributed by atoms with Crippen LogP contribution in [-0.2, 0) is 0 Å². The smallest absolute Gasteiger partial charge is 0.0562 e. The number of benzene rings is 8. The maximum absolute atomic E-state index is 2.50. The van der Waals surface area contributed by atoms with Gasteiger partial charge in [0.2, 0.25) is 0 Å². The van der Waals surface area contributed by atoms with Gasteiger partial charge in [-0.05, 0) is 71.8 Å². The molecule has 0 aliphatic heterocycles. The number of fused-ring (bicyclic) bond motifs is 6. The normalized spacial score (nSPS) is 11.5. The molecule has 0 amide bonds. The Kier molecular flexibility index (Phi) is 7.04. The quantitative estimate of drug-likeness (QED) is 0.171. The highest BCUT2D eigenvalue weighted by Gasteiger charge is 2.25. The molecule has 10 rings (SSSR count). The average Bonchev–Trinajstić information content (AvgIpc) is 3.75. The minimum absolute atomic E-state index is 1.13. The Morgan fingerprint density at radius 2 is 0.941 bits per heavy atom. The molecule has 51 heavy (non-hydrogen) atoms. The van der Waals surface area contributed by atoms with E-state index in [1.807, 2.05) is 11.3 Å². The maximum atomic E-state index is 2.50. The summed E-state index contributed by atoms with van der Waals surface area (Å²) in [6.45, 7) is 0. The first-order valence-corrected chi connectivity index (χ1v) is 18.2. The first-order chi connectivity index (χ1) is 25.3. The summed E-state index contributed by atoms with van der Waals surface area (Å²) in [6.07, 6.45) is 0. The van der Waals surface area contributed by atoms with E-state index in [1.165, 1.54) is 64.2 Å². The Labute approximate surface area is 300 Å². The third-order valence-electron chi connectivity index (χ3n) is 9.99. The van der Waals surface area contributed by atoms with E-state index in [1.54, 1.807) is 0 Å². The van der Waals surface area contributed by atoms with Crippen LogP contribution in [0.25, 0.3) is 69.9 Å². The van der Waals surface area contributed by atoms with E-state index in [4.69, 9.17) is 0 Å². The van der Waals surface area contributed by atoms with Crippen molar-refractivity contribution in [1.82, 2.24) is 4.57 Å². The molecule has 240 valence electrons. The van der Waals surface area contributed by atoms with Gasteiger partial charge in [-0.1, -0.05) is 133 Å². The van der Waals surface area contributed by atoms with Crippen molar-refractivity contribution in [3.05, 3.63) is 194 Å². The molecule has 2 aromatic heterocycles. The fraction of sp³-hybridized carbons (Fsp3) is 0. The van der Waals surface area contributed by atoms with Crippen LogP contribution in [-0.4, -0.2) is 4.57 Å². The zero-order valence-corrected chi connectivity index (χ0v) is 28.6. The second-order valence-corrected chi connectivity index (χ2v) is 14.0. The highest BCUT2D eigenvalue weighted by Crippen LogP contribution is 2.49. The minimum atomic E-state index is 1.13. The monoisotopic (exact) mass is 668 g/mol. The molecule has 8 aromatic carbocycles. The molecule has 0 radical (unpaired) electrons. The molecule has 0 spiro atoms. The predicted molar refractivity (Wildman–Crippen MR) is 219 cm³/mol. The first kappa shape index (κ1) is 29.5. The van der Waals surface area contributed by atoms with Gasteiger partial charge in [0.1, 0.15) is 0 Å². The number of nitrogens with zero attached hydrogens (tertiary/aromatic N) is 2. The average molecular weight is 669 g/mol. The van der Waals surface area contributed by atoms with E-state index in [-0.39, 0.29) is 0 Å². The van der Waals surface area contributed by atoms with E-state index in [2.05, 4.69) is 204 Å². The topological polar surface area (TPSA) is 8.17 Å². The number of anilines is 3. The van der Waals surface area contributed by atoms with E-state index < -0.39 is 0 Å². The summed E-state index contributed by atoms with van der Waals surface area (Å²) >= 11 is 1.86. The number of para-hydroxylation sites is 4. The summed E-state index contributed by atoms with van der Waals surface area (Å²) in [6, 6.07) is 70.4. The lowest BCUT2D eigenvalue weighted by Gasteiger charge is -2.30. The third-order valence-corrected chi connectivity index (χ3v) is 11.1. The van der Waals surface area contributed by atoms with Crippen molar-refractivity contribution in [3.8, 4) is 27.9 Å². The Hall–Kier alpha value is -6.42. The van der Waals surface area contributed by atoms with Crippen LogP contribution in [0.5, 0.6) is 0 Å². The number of hydrogen-bond acceptors (Lipinski definition) is 2. The molecule has 2 nitrogen and oxygen atoms in total. The Bertz CT molecular complexity index is 2860. The van der Waals surface area contributed by atoms with Gasteiger partial charge >= 0.3 is 0 Å². The lowest BCUT2D eigenvalue weighted by molar-refractivity contribution is 1.18. The van der Waals surface area contributed by atoms with Crippen molar-refractivity contribution in [2.24, 2.45) is 0 Å². The van der Waals surface area contributed by atoms with Crippen LogP contribution < -0.4 is 4.90 Å². The zero-order chi connectivity index (χ0) is 33.7. The number of aromatic nitrogens is 1. The molecule has 0 aliphatic carbocycles. The van der Waals surface area contributed by atoms with Crippen LogP contribution in [0.1, 0.15) is 0 Å². The van der Waals surface area contributed by atoms with Crippen LogP contribution in [0.2, 0.25) is 0 Å². The molecular weight excluding hydrogens is 637 g/mol. The molecule has 3 heteroatoms. The molecule has 0 unspecified atom stereocenters. The summed E-state index contributed by atoms with van der Waals surface area (Å²) in [5.41, 5.74) is 11.6. The highest BCUT2D eigenvalue weighted by molar-refractivity contribution is 7.25. The molecule has 0 saturated heterocycles. The maximum Gasteiger partial charge on any atom is 0.0562 e. The van der Waals surface area contributed by atoms with Crippen molar-refractivity contribution in [1.29, 1.82) is 0 Å². The highest BCUT2D eigenvalue weighted by atomic mass is 32.1. The summed E-state index contributed by atoms with van der Waals surface area (Å²) in [4.78, 5) is 2.50. The zero-order valence-electron chi connectivity index (χ0n) is 27.8. The fourth-order valence-electron chi connectivity index (χ4n) is 7.77. The second kappa shape index (κ2) is 12.2. The molecule has 0 aliphatic rings. The molecule has 0 fully saturated rings. The summed E-state index contributed by atoms with van der Waals surface area (Å²) < 4.78 is 5.02. The van der Waals surface area contributed by atoms with Crippen LogP contribution >= 0.6 is 11.3 Å². The van der Waals surface area contributed by atoms with Gasteiger partial charge in [-0.25, -0.2) is 0 Å². The molecule has 0 atom stereocenters. The standard InChI is InChI=1S/C48H32N2S/c1-3-16-33(17-4-1)36-20-7-11-24-41(36)50(42-25-12-8-21-37(42)34-30-31-47-40(32-34)38-22-10-14-29-46(38)51-47)45-28-15-27-44-48(45)39-23-9-13-26-43(39)49(44)35-18-5-2-6-19-35/h1-32H. The first-order valence-electron chi connectivity index (χ1n) is 17.4. The molecule has 10 aromatic rings. The van der Waals surface area contributed by atoms with Crippen LogP contribution in [0.15, 0.2) is 194 Å². The molecule has 0 N–H and O–H groups in total. The number of thiophene rings is 1. The van der Waals surface area contributed by atoms with E-state index in [9.17, 15) is 0 Å². The van der Waals surface area contributed by atoms with Crippen molar-refractivity contribution >= 4 is 70.4 Å². The van der Waals surface area contributed by atoms with Gasteiger partial charge in [0.25, 0.3) is 0 Å². The summed E-state index contributed by atoms with van der Waals surface area (Å²) in [7, 11) is 0. The van der Waals surface area contributed by atoms with Gasteiger partial charge in [0.05, 0.1) is 28.1 Å². The summed E-state index contributed by atoms with van der Waals surface area (Å²) in [5.74, 6) is 0. The summed E-state index contributed by atoms with van der Waals surface area (Å²) in [5, 5.41) is 5.04. The van der Waals surface area contributed by atoms with Gasteiger partial charge < -0.3 is 9.47 Å². The Balaban J connectivity index is 1.29. The van der Waals surface area contributed by atoms with Crippen LogP contribution in [0.3, 0.4) is 0 Å². The van der Waals surface area contributed by atoms with Crippen molar-refractivity contribution in [3.63, 3.8) is 0 Å². The lowest BCUT2D eigenvalue weighted by Crippen LogP contribution is -2.13. The van der Waals surface area contributed by atoms with Crippen LogP contribution in [0, 0.1) is 0 Å². The molecular formula is C48H32N2S. The van der Waals surface area contributed by atoms with Gasteiger partial charge in [-0.3, -0.25) is 0 Å². The van der Waals surface area contributed by atoms with E-state index >= 15 is 0 Å². The van der Waals surface area contributed by atoms with Gasteiger partial charge in [-0.15, -0.1) is 11.3 Å². The van der Waals surface area contributed by atoms with Gasteiger partial charge in [0.15, 0.2) is 0 Å². The fourth-order valence-corrected chi connectivity index (χ4v) is 8.85. The molecule has 0 saturated carbocycles. The largest absolute Gasteiger partial charge is 0.309 e. The van der Waals surface area contributed by atoms with Crippen molar-refractivity contribution < 1.29 is 0 Å². The molecule has 0 bridgehead atoms. The molecule has 2 heterocycles. The Morgan fingerprint density at radius 3 is 1.73 bits per heavy atom. The SMILES string of the molecule is c1ccc(-c2ccccc2N(c2ccccc2-c2ccc3sc4ccccc4c3c2)c2cccc3c2c2ccccc2n3-c2ccccc2)cc1.